The molecule has 3 aromatic rings. The van der Waals surface area contributed by atoms with Crippen LogP contribution in [0.4, 0.5) is 5.69 Å². The van der Waals surface area contributed by atoms with Crippen molar-refractivity contribution in [3.8, 4) is 5.69 Å². The predicted octanol–water partition coefficient (Wildman–Crippen LogP) is 2.89. The quantitative estimate of drug-likeness (QED) is 0.782. The lowest BCUT2D eigenvalue weighted by Gasteiger charge is -2.07. The van der Waals surface area contributed by atoms with Crippen LogP contribution in [0.3, 0.4) is 0 Å². The molecule has 0 bridgehead atoms. The van der Waals surface area contributed by atoms with Crippen molar-refractivity contribution in [2.45, 2.75) is 12.8 Å². The van der Waals surface area contributed by atoms with E-state index in [4.69, 9.17) is 11.6 Å². The number of carbonyl (C=O) groups is 1. The van der Waals surface area contributed by atoms with Gasteiger partial charge in [0.1, 0.15) is 6.33 Å². The summed E-state index contributed by atoms with van der Waals surface area (Å²) in [6, 6.07) is 14.8. The number of nitrogens with zero attached hydrogens (tertiary/aromatic N) is 4. The highest BCUT2D eigenvalue weighted by Gasteiger charge is 2.06. The summed E-state index contributed by atoms with van der Waals surface area (Å²) >= 11 is 6.08. The number of nitrogens with one attached hydrogen (secondary N) is 1. The van der Waals surface area contributed by atoms with Gasteiger partial charge in [0.15, 0.2) is 0 Å². The minimum atomic E-state index is -0.0555. The lowest BCUT2D eigenvalue weighted by atomic mass is 10.1. The molecule has 0 unspecified atom stereocenters. The summed E-state index contributed by atoms with van der Waals surface area (Å²) in [6.45, 7) is 0. The summed E-state index contributed by atoms with van der Waals surface area (Å²) in [4.78, 5) is 12.0. The molecule has 0 saturated heterocycles. The largest absolute Gasteiger partial charge is 0.326 e. The number of carbonyl (C=O) groups excluding carboxylic acids is 1. The van der Waals surface area contributed by atoms with Crippen LogP contribution in [0.1, 0.15) is 12.0 Å². The first-order valence-corrected chi connectivity index (χ1v) is 7.47. The molecule has 1 aromatic heterocycles. The molecule has 0 spiro atoms. The van der Waals surface area contributed by atoms with Gasteiger partial charge in [-0.1, -0.05) is 29.8 Å². The summed E-state index contributed by atoms with van der Waals surface area (Å²) < 4.78 is 1.54. The van der Waals surface area contributed by atoms with Crippen LogP contribution in [0, 0.1) is 0 Å². The van der Waals surface area contributed by atoms with E-state index >= 15 is 0 Å². The Hall–Kier alpha value is -2.73. The van der Waals surface area contributed by atoms with Crippen LogP contribution in [0.15, 0.2) is 54.9 Å². The number of halogens is 1. The molecule has 2 aromatic carbocycles. The molecule has 7 heteroatoms. The standard InChI is InChI=1S/C16H14ClN5O/c17-15-4-2-1-3-12(15)5-10-16(23)19-13-6-8-14(9-7-13)22-11-18-20-21-22/h1-4,6-9,11H,5,10H2,(H,19,23). The second kappa shape index (κ2) is 7.02. The monoisotopic (exact) mass is 327 g/mol. The fraction of sp³-hybridized carbons (Fsp3) is 0.125. The van der Waals surface area contributed by atoms with Crippen LogP contribution in [-0.4, -0.2) is 26.1 Å². The summed E-state index contributed by atoms with van der Waals surface area (Å²) in [5, 5.41) is 14.5. The second-order valence-electron chi connectivity index (χ2n) is 4.94. The van der Waals surface area contributed by atoms with Gasteiger partial charge in [-0.2, -0.15) is 0 Å². The maximum Gasteiger partial charge on any atom is 0.224 e. The molecular formula is C16H14ClN5O. The van der Waals surface area contributed by atoms with Gasteiger partial charge < -0.3 is 5.32 Å². The first-order valence-electron chi connectivity index (χ1n) is 7.09. The molecule has 1 amide bonds. The van der Waals surface area contributed by atoms with Gasteiger partial charge in [0.25, 0.3) is 0 Å². The lowest BCUT2D eigenvalue weighted by Crippen LogP contribution is -2.12. The molecule has 116 valence electrons. The number of hydrogen-bond donors (Lipinski definition) is 1. The van der Waals surface area contributed by atoms with Crippen LogP contribution >= 0.6 is 11.6 Å². The van der Waals surface area contributed by atoms with E-state index in [-0.39, 0.29) is 5.91 Å². The van der Waals surface area contributed by atoms with E-state index in [1.54, 1.807) is 4.68 Å². The maximum absolute atomic E-state index is 12.0. The zero-order valence-electron chi connectivity index (χ0n) is 12.2. The molecule has 0 saturated carbocycles. The molecule has 0 atom stereocenters. The molecule has 6 nitrogen and oxygen atoms in total. The van der Waals surface area contributed by atoms with Crippen molar-refractivity contribution in [1.82, 2.24) is 20.2 Å². The zero-order valence-corrected chi connectivity index (χ0v) is 12.9. The van der Waals surface area contributed by atoms with Crippen molar-refractivity contribution in [2.75, 3.05) is 5.32 Å². The van der Waals surface area contributed by atoms with Gasteiger partial charge in [0.05, 0.1) is 5.69 Å². The zero-order chi connectivity index (χ0) is 16.1. The van der Waals surface area contributed by atoms with E-state index in [2.05, 4.69) is 20.8 Å². The van der Waals surface area contributed by atoms with Gasteiger partial charge >= 0.3 is 0 Å². The van der Waals surface area contributed by atoms with E-state index < -0.39 is 0 Å². The number of tetrazole rings is 1. The third kappa shape index (κ3) is 3.92. The van der Waals surface area contributed by atoms with Crippen LogP contribution in [0.2, 0.25) is 5.02 Å². The van der Waals surface area contributed by atoms with Gasteiger partial charge in [-0.05, 0) is 52.7 Å². The Balaban J connectivity index is 1.57. The fourth-order valence-corrected chi connectivity index (χ4v) is 2.38. The second-order valence-corrected chi connectivity index (χ2v) is 5.35. The maximum atomic E-state index is 12.0. The smallest absolute Gasteiger partial charge is 0.224 e. The summed E-state index contributed by atoms with van der Waals surface area (Å²) in [5.41, 5.74) is 2.52. The minimum Gasteiger partial charge on any atom is -0.326 e. The van der Waals surface area contributed by atoms with Crippen LogP contribution in [0.25, 0.3) is 5.69 Å². The Labute approximate surface area is 138 Å². The topological polar surface area (TPSA) is 72.7 Å². The van der Waals surface area contributed by atoms with Crippen LogP contribution < -0.4 is 5.32 Å². The van der Waals surface area contributed by atoms with E-state index in [1.807, 2.05) is 48.5 Å². The van der Waals surface area contributed by atoms with E-state index in [0.29, 0.717) is 17.9 Å². The number of hydrogen-bond acceptors (Lipinski definition) is 4. The number of aromatic nitrogens is 4. The third-order valence-electron chi connectivity index (χ3n) is 3.34. The number of aryl methyl sites for hydroxylation is 1. The van der Waals surface area contributed by atoms with E-state index in [1.165, 1.54) is 6.33 Å². The third-order valence-corrected chi connectivity index (χ3v) is 3.71. The summed E-state index contributed by atoms with van der Waals surface area (Å²) in [7, 11) is 0. The number of benzene rings is 2. The SMILES string of the molecule is O=C(CCc1ccccc1Cl)Nc1ccc(-n2cnnn2)cc1. The first-order chi connectivity index (χ1) is 11.2. The van der Waals surface area contributed by atoms with Gasteiger partial charge in [0, 0.05) is 17.1 Å². The molecular weight excluding hydrogens is 314 g/mol. The normalized spacial score (nSPS) is 10.5. The van der Waals surface area contributed by atoms with Gasteiger partial charge in [-0.25, -0.2) is 4.68 Å². The van der Waals surface area contributed by atoms with Crippen molar-refractivity contribution in [1.29, 1.82) is 0 Å². The molecule has 0 radical (unpaired) electrons. The number of amides is 1. The highest BCUT2D eigenvalue weighted by Crippen LogP contribution is 2.17. The number of anilines is 1. The Kier molecular flexibility index (Phi) is 4.63. The minimum absolute atomic E-state index is 0.0555. The van der Waals surface area contributed by atoms with Gasteiger partial charge in [-0.15, -0.1) is 5.10 Å². The highest BCUT2D eigenvalue weighted by atomic mass is 35.5. The lowest BCUT2D eigenvalue weighted by molar-refractivity contribution is -0.116. The Morgan fingerprint density at radius 2 is 1.91 bits per heavy atom. The van der Waals surface area contributed by atoms with Crippen molar-refractivity contribution >= 4 is 23.2 Å². The van der Waals surface area contributed by atoms with Gasteiger partial charge in [-0.3, -0.25) is 4.79 Å². The molecule has 1 N–H and O–H groups in total. The van der Waals surface area contributed by atoms with Crippen LogP contribution in [0.5, 0.6) is 0 Å². The molecule has 0 fully saturated rings. The van der Waals surface area contributed by atoms with Gasteiger partial charge in [0.2, 0.25) is 5.91 Å². The average molecular weight is 328 g/mol. The summed E-state index contributed by atoms with van der Waals surface area (Å²) in [6.07, 6.45) is 2.49. The average Bonchev–Trinajstić information content (AvgIpc) is 3.09. The van der Waals surface area contributed by atoms with E-state index in [9.17, 15) is 4.79 Å². The molecule has 0 aliphatic rings. The van der Waals surface area contributed by atoms with Crippen molar-refractivity contribution < 1.29 is 4.79 Å². The van der Waals surface area contributed by atoms with Crippen LogP contribution in [-0.2, 0) is 11.2 Å². The van der Waals surface area contributed by atoms with Crippen molar-refractivity contribution in [2.24, 2.45) is 0 Å². The molecule has 3 rings (SSSR count). The molecule has 0 aliphatic carbocycles. The Bertz CT molecular complexity index is 786. The van der Waals surface area contributed by atoms with Crippen molar-refractivity contribution in [3.05, 3.63) is 65.4 Å². The molecule has 1 heterocycles. The van der Waals surface area contributed by atoms with E-state index in [0.717, 1.165) is 16.9 Å². The first kappa shape index (κ1) is 15.2. The molecule has 23 heavy (non-hydrogen) atoms. The Morgan fingerprint density at radius 3 is 2.61 bits per heavy atom. The Morgan fingerprint density at radius 1 is 1.13 bits per heavy atom. The number of rotatable bonds is 5. The predicted molar refractivity (Wildman–Crippen MR) is 87.6 cm³/mol. The summed E-state index contributed by atoms with van der Waals surface area (Å²) in [5.74, 6) is -0.0555. The highest BCUT2D eigenvalue weighted by molar-refractivity contribution is 6.31. The molecule has 0 aliphatic heterocycles. The fourth-order valence-electron chi connectivity index (χ4n) is 2.15. The van der Waals surface area contributed by atoms with Crippen molar-refractivity contribution in [3.63, 3.8) is 0 Å².